The van der Waals surface area contributed by atoms with Crippen LogP contribution in [-0.2, 0) is 4.79 Å². The third kappa shape index (κ3) is 2.37. The van der Waals surface area contributed by atoms with Gasteiger partial charge in [0, 0.05) is 29.4 Å². The Balaban J connectivity index is 2.24. The van der Waals surface area contributed by atoms with Gasteiger partial charge in [0.15, 0.2) is 0 Å². The number of fused-ring (bicyclic) bond motifs is 3. The number of H-pyrrole nitrogens is 1. The van der Waals surface area contributed by atoms with Gasteiger partial charge in [-0.2, -0.15) is 0 Å². The number of amides is 1. The molecule has 0 unspecified atom stereocenters. The van der Waals surface area contributed by atoms with Gasteiger partial charge in [0.1, 0.15) is 0 Å². The molecule has 0 bridgehead atoms. The maximum absolute atomic E-state index is 11.5. The zero-order valence-corrected chi connectivity index (χ0v) is 12.5. The van der Waals surface area contributed by atoms with Crippen LogP contribution < -0.4 is 5.32 Å². The van der Waals surface area contributed by atoms with Crippen molar-refractivity contribution >= 4 is 27.7 Å². The molecule has 0 aliphatic rings. The van der Waals surface area contributed by atoms with Crippen LogP contribution in [-0.4, -0.2) is 15.9 Å². The Kier molecular flexibility index (Phi) is 3.37. The van der Waals surface area contributed by atoms with Gasteiger partial charge in [-0.1, -0.05) is 32.0 Å². The minimum Gasteiger partial charge on any atom is -0.353 e. The number of aromatic nitrogens is 2. The molecular weight excluding hydrogens is 262 g/mol. The van der Waals surface area contributed by atoms with Gasteiger partial charge in [-0.3, -0.25) is 9.78 Å². The summed E-state index contributed by atoms with van der Waals surface area (Å²) in [4.78, 5) is 19.5. The van der Waals surface area contributed by atoms with Crippen LogP contribution in [0.25, 0.3) is 21.8 Å². The summed E-state index contributed by atoms with van der Waals surface area (Å²) in [6, 6.07) is 10.1. The molecule has 2 N–H and O–H groups in total. The molecule has 1 atom stereocenters. The van der Waals surface area contributed by atoms with Crippen LogP contribution in [0.3, 0.4) is 0 Å². The van der Waals surface area contributed by atoms with Crippen LogP contribution in [0.15, 0.2) is 36.5 Å². The number of nitrogens with zero attached hydrogens (tertiary/aromatic N) is 1. The monoisotopic (exact) mass is 281 g/mol. The van der Waals surface area contributed by atoms with Crippen molar-refractivity contribution < 1.29 is 4.79 Å². The molecule has 21 heavy (non-hydrogen) atoms. The van der Waals surface area contributed by atoms with E-state index >= 15 is 0 Å². The number of aromatic amines is 1. The highest BCUT2D eigenvalue weighted by Crippen LogP contribution is 2.31. The SMILES string of the molecule is CC(=O)N[C@@H](c1nccc2c1[nH]c1ccccc12)C(C)C. The largest absolute Gasteiger partial charge is 0.353 e. The fourth-order valence-electron chi connectivity index (χ4n) is 2.80. The Labute approximate surface area is 123 Å². The molecule has 0 spiro atoms. The molecule has 1 amide bonds. The number of nitrogens with one attached hydrogen (secondary N) is 2. The second-order valence-electron chi connectivity index (χ2n) is 5.71. The summed E-state index contributed by atoms with van der Waals surface area (Å²) in [5.41, 5.74) is 2.99. The second kappa shape index (κ2) is 5.20. The lowest BCUT2D eigenvalue weighted by atomic mass is 9.98. The van der Waals surface area contributed by atoms with E-state index in [1.807, 2.05) is 24.4 Å². The van der Waals surface area contributed by atoms with E-state index < -0.39 is 0 Å². The van der Waals surface area contributed by atoms with Gasteiger partial charge in [-0.15, -0.1) is 0 Å². The van der Waals surface area contributed by atoms with Crippen LogP contribution in [0.5, 0.6) is 0 Å². The molecule has 1 aromatic carbocycles. The van der Waals surface area contributed by atoms with Crippen LogP contribution >= 0.6 is 0 Å². The Morgan fingerprint density at radius 1 is 1.19 bits per heavy atom. The standard InChI is InChI=1S/C17H19N3O/c1-10(2)15(19-11(3)21)17-16-13(8-9-18-17)12-6-4-5-7-14(12)20-16/h4-10,15,20H,1-3H3,(H,19,21)/t15-/m1/s1. The molecule has 0 aliphatic heterocycles. The van der Waals surface area contributed by atoms with Crippen LogP contribution in [0.4, 0.5) is 0 Å². The normalized spacial score (nSPS) is 13.0. The van der Waals surface area contributed by atoms with Gasteiger partial charge in [-0.25, -0.2) is 0 Å². The van der Waals surface area contributed by atoms with Gasteiger partial charge in [0.25, 0.3) is 0 Å². The van der Waals surface area contributed by atoms with E-state index in [0.717, 1.165) is 22.1 Å². The highest BCUT2D eigenvalue weighted by Gasteiger charge is 2.22. The van der Waals surface area contributed by atoms with E-state index in [2.05, 4.69) is 41.3 Å². The molecule has 4 heteroatoms. The van der Waals surface area contributed by atoms with Gasteiger partial charge in [0.2, 0.25) is 5.91 Å². The maximum Gasteiger partial charge on any atom is 0.217 e. The number of para-hydroxylation sites is 1. The third-order valence-electron chi connectivity index (χ3n) is 3.78. The number of benzene rings is 1. The lowest BCUT2D eigenvalue weighted by Crippen LogP contribution is -2.30. The van der Waals surface area contributed by atoms with E-state index in [4.69, 9.17) is 0 Å². The predicted molar refractivity (Wildman–Crippen MR) is 85.0 cm³/mol. The molecule has 0 radical (unpaired) electrons. The summed E-state index contributed by atoms with van der Waals surface area (Å²) in [6.45, 7) is 5.72. The minimum absolute atomic E-state index is 0.0383. The Bertz CT molecular complexity index is 804. The lowest BCUT2D eigenvalue weighted by Gasteiger charge is -2.21. The topological polar surface area (TPSA) is 57.8 Å². The first kappa shape index (κ1) is 13.6. The fraction of sp³-hybridized carbons (Fsp3) is 0.294. The molecule has 0 aliphatic carbocycles. The summed E-state index contributed by atoms with van der Waals surface area (Å²) >= 11 is 0. The van der Waals surface area contributed by atoms with E-state index in [9.17, 15) is 4.79 Å². The van der Waals surface area contributed by atoms with Crippen molar-refractivity contribution in [1.82, 2.24) is 15.3 Å². The van der Waals surface area contributed by atoms with Crippen molar-refractivity contribution in [1.29, 1.82) is 0 Å². The van der Waals surface area contributed by atoms with E-state index in [-0.39, 0.29) is 17.9 Å². The van der Waals surface area contributed by atoms with Gasteiger partial charge in [-0.05, 0) is 18.1 Å². The second-order valence-corrected chi connectivity index (χ2v) is 5.71. The zero-order chi connectivity index (χ0) is 15.0. The molecule has 108 valence electrons. The maximum atomic E-state index is 11.5. The average Bonchev–Trinajstić information content (AvgIpc) is 2.83. The lowest BCUT2D eigenvalue weighted by molar-refractivity contribution is -0.120. The highest BCUT2D eigenvalue weighted by atomic mass is 16.1. The molecular formula is C17H19N3O. The zero-order valence-electron chi connectivity index (χ0n) is 12.5. The molecule has 2 aromatic heterocycles. The number of rotatable bonds is 3. The number of hydrogen-bond donors (Lipinski definition) is 2. The third-order valence-corrected chi connectivity index (χ3v) is 3.78. The van der Waals surface area contributed by atoms with Crippen molar-refractivity contribution in [3.05, 3.63) is 42.2 Å². The number of carbonyl (C=O) groups is 1. The van der Waals surface area contributed by atoms with E-state index in [0.29, 0.717) is 0 Å². The van der Waals surface area contributed by atoms with Gasteiger partial charge in [0.05, 0.1) is 17.3 Å². The van der Waals surface area contributed by atoms with Crippen molar-refractivity contribution in [2.24, 2.45) is 5.92 Å². The number of pyridine rings is 1. The van der Waals surface area contributed by atoms with E-state index in [1.165, 1.54) is 5.39 Å². The summed E-state index contributed by atoms with van der Waals surface area (Å²) in [6.07, 6.45) is 1.81. The molecule has 0 fully saturated rings. The Morgan fingerprint density at radius 2 is 1.95 bits per heavy atom. The molecule has 0 saturated heterocycles. The summed E-state index contributed by atoms with van der Waals surface area (Å²) < 4.78 is 0. The summed E-state index contributed by atoms with van der Waals surface area (Å²) in [5, 5.41) is 5.34. The van der Waals surface area contributed by atoms with Crippen molar-refractivity contribution in [2.45, 2.75) is 26.8 Å². The van der Waals surface area contributed by atoms with Crippen LogP contribution in [0.1, 0.15) is 32.5 Å². The van der Waals surface area contributed by atoms with Gasteiger partial charge >= 0.3 is 0 Å². The van der Waals surface area contributed by atoms with Crippen LogP contribution in [0, 0.1) is 5.92 Å². The molecule has 3 aromatic rings. The smallest absolute Gasteiger partial charge is 0.217 e. The first-order valence-corrected chi connectivity index (χ1v) is 7.20. The first-order chi connectivity index (χ1) is 10.1. The summed E-state index contributed by atoms with van der Waals surface area (Å²) in [5.74, 6) is 0.224. The number of carbonyl (C=O) groups excluding carboxylic acids is 1. The average molecular weight is 281 g/mol. The Morgan fingerprint density at radius 3 is 2.67 bits per heavy atom. The highest BCUT2D eigenvalue weighted by molar-refractivity contribution is 6.07. The Hall–Kier alpha value is -2.36. The van der Waals surface area contributed by atoms with Crippen LogP contribution in [0.2, 0.25) is 0 Å². The number of hydrogen-bond acceptors (Lipinski definition) is 2. The molecule has 3 rings (SSSR count). The quantitative estimate of drug-likeness (QED) is 0.771. The predicted octanol–water partition coefficient (Wildman–Crippen LogP) is 3.55. The molecule has 4 nitrogen and oxygen atoms in total. The molecule has 2 heterocycles. The summed E-state index contributed by atoms with van der Waals surface area (Å²) in [7, 11) is 0. The van der Waals surface area contributed by atoms with E-state index in [1.54, 1.807) is 6.92 Å². The minimum atomic E-state index is -0.0979. The van der Waals surface area contributed by atoms with Crippen molar-refractivity contribution in [3.8, 4) is 0 Å². The molecule has 0 saturated carbocycles. The van der Waals surface area contributed by atoms with Gasteiger partial charge < -0.3 is 10.3 Å². The fourth-order valence-corrected chi connectivity index (χ4v) is 2.80. The van der Waals surface area contributed by atoms with Crippen molar-refractivity contribution in [2.75, 3.05) is 0 Å². The van der Waals surface area contributed by atoms with Crippen molar-refractivity contribution in [3.63, 3.8) is 0 Å². The first-order valence-electron chi connectivity index (χ1n) is 7.20.